The summed E-state index contributed by atoms with van der Waals surface area (Å²) in [6.45, 7) is 2.08. The van der Waals surface area contributed by atoms with E-state index in [1.54, 1.807) is 0 Å². The summed E-state index contributed by atoms with van der Waals surface area (Å²) in [5, 5.41) is 8.06. The van der Waals surface area contributed by atoms with Gasteiger partial charge >= 0.3 is 0 Å². The summed E-state index contributed by atoms with van der Waals surface area (Å²) >= 11 is 5.60. The summed E-state index contributed by atoms with van der Waals surface area (Å²) in [6.07, 6.45) is 5.80. The number of hydrogen-bond acceptors (Lipinski definition) is 1. The third-order valence-electron chi connectivity index (χ3n) is 2.21. The molecular weight excluding hydrogens is 196 g/mol. The third-order valence-corrected chi connectivity index (χ3v) is 2.39. The number of hydrogen-bond donors (Lipinski definition) is 1. The molecule has 0 amide bonds. The number of alkyl halides is 1. The largest absolute Gasteiger partial charge is 0.278 e. The average Bonchev–Trinajstić information content (AvgIpc) is 2.61. The van der Waals surface area contributed by atoms with Gasteiger partial charge in [0.2, 0.25) is 0 Å². The Balaban J connectivity index is 2.53. The summed E-state index contributed by atoms with van der Waals surface area (Å²) in [7, 11) is 0. The molecule has 1 aromatic heterocycles. The highest BCUT2D eigenvalue weighted by Crippen LogP contribution is 2.18. The molecule has 3 heteroatoms. The summed E-state index contributed by atoms with van der Waals surface area (Å²) in [5.41, 5.74) is 3.49. The van der Waals surface area contributed by atoms with Gasteiger partial charge in [-0.15, -0.1) is 11.6 Å². The molecule has 2 rings (SSSR count). The van der Waals surface area contributed by atoms with E-state index >= 15 is 0 Å². The maximum absolute atomic E-state index is 5.60. The van der Waals surface area contributed by atoms with Crippen LogP contribution in [0.2, 0.25) is 0 Å². The van der Waals surface area contributed by atoms with Gasteiger partial charge < -0.3 is 0 Å². The van der Waals surface area contributed by atoms with E-state index in [1.165, 1.54) is 11.1 Å². The number of aromatic amines is 1. The minimum Gasteiger partial charge on any atom is -0.278 e. The Hall–Kier alpha value is -1.28. The first-order valence-electron chi connectivity index (χ1n) is 4.47. The van der Waals surface area contributed by atoms with Gasteiger partial charge in [-0.05, 0) is 30.2 Å². The maximum Gasteiger partial charge on any atom is 0.0653 e. The zero-order valence-electron chi connectivity index (χ0n) is 7.92. The Morgan fingerprint density at radius 2 is 2.36 bits per heavy atom. The highest BCUT2D eigenvalue weighted by atomic mass is 35.5. The topological polar surface area (TPSA) is 28.7 Å². The van der Waals surface area contributed by atoms with Crippen LogP contribution in [0.15, 0.2) is 24.4 Å². The lowest BCUT2D eigenvalue weighted by molar-refractivity contribution is 1.12. The molecule has 0 fully saturated rings. The summed E-state index contributed by atoms with van der Waals surface area (Å²) in [4.78, 5) is 0. The fraction of sp³-hybridized carbons (Fsp3) is 0.182. The maximum atomic E-state index is 5.60. The lowest BCUT2D eigenvalue weighted by Crippen LogP contribution is -1.81. The fourth-order valence-corrected chi connectivity index (χ4v) is 1.56. The molecule has 0 radical (unpaired) electrons. The molecule has 0 aliphatic rings. The third kappa shape index (κ3) is 1.66. The van der Waals surface area contributed by atoms with Crippen molar-refractivity contribution >= 4 is 28.6 Å². The van der Waals surface area contributed by atoms with Crippen LogP contribution in [-0.2, 0) is 0 Å². The van der Waals surface area contributed by atoms with Crippen LogP contribution in [0.3, 0.4) is 0 Å². The molecule has 1 heterocycles. The predicted molar refractivity (Wildman–Crippen MR) is 60.6 cm³/mol. The second-order valence-corrected chi connectivity index (χ2v) is 3.53. The molecule has 2 aromatic rings. The average molecular weight is 207 g/mol. The van der Waals surface area contributed by atoms with Gasteiger partial charge in [0.1, 0.15) is 0 Å². The van der Waals surface area contributed by atoms with Gasteiger partial charge in [0.15, 0.2) is 0 Å². The number of rotatable bonds is 2. The lowest BCUT2D eigenvalue weighted by Gasteiger charge is -1.99. The molecule has 1 N–H and O–H groups in total. The molecule has 0 saturated heterocycles. The number of aromatic nitrogens is 2. The highest BCUT2D eigenvalue weighted by Gasteiger charge is 1.99. The van der Waals surface area contributed by atoms with Gasteiger partial charge in [0.25, 0.3) is 0 Å². The Kier molecular flexibility index (Phi) is 2.55. The summed E-state index contributed by atoms with van der Waals surface area (Å²) < 4.78 is 0. The van der Waals surface area contributed by atoms with E-state index in [0.29, 0.717) is 5.88 Å². The van der Waals surface area contributed by atoms with Crippen molar-refractivity contribution in [3.05, 3.63) is 35.5 Å². The van der Waals surface area contributed by atoms with Crippen molar-refractivity contribution in [2.45, 2.75) is 6.92 Å². The Morgan fingerprint density at radius 1 is 1.50 bits per heavy atom. The van der Waals surface area contributed by atoms with Crippen molar-refractivity contribution in [3.63, 3.8) is 0 Å². The van der Waals surface area contributed by atoms with Crippen molar-refractivity contribution in [2.24, 2.45) is 0 Å². The number of aryl methyl sites for hydroxylation is 1. The SMILES string of the molecule is Cc1cc2[nH]ncc2cc1C=CCCl. The molecule has 14 heavy (non-hydrogen) atoms. The molecule has 0 unspecified atom stereocenters. The fourth-order valence-electron chi connectivity index (χ4n) is 1.47. The number of nitrogens with one attached hydrogen (secondary N) is 1. The van der Waals surface area contributed by atoms with E-state index in [4.69, 9.17) is 11.6 Å². The number of halogens is 1. The second-order valence-electron chi connectivity index (χ2n) is 3.22. The van der Waals surface area contributed by atoms with Crippen LogP contribution >= 0.6 is 11.6 Å². The van der Waals surface area contributed by atoms with Crippen LogP contribution in [0.5, 0.6) is 0 Å². The summed E-state index contributed by atoms with van der Waals surface area (Å²) in [6, 6.07) is 4.20. The number of fused-ring (bicyclic) bond motifs is 1. The van der Waals surface area contributed by atoms with Crippen LogP contribution in [0, 0.1) is 6.92 Å². The first-order chi connectivity index (χ1) is 6.81. The minimum absolute atomic E-state index is 0.545. The molecule has 0 aliphatic carbocycles. The van der Waals surface area contributed by atoms with Gasteiger partial charge in [-0.3, -0.25) is 5.10 Å². The molecule has 72 valence electrons. The molecule has 0 atom stereocenters. The van der Waals surface area contributed by atoms with Crippen LogP contribution in [-0.4, -0.2) is 16.1 Å². The summed E-state index contributed by atoms with van der Waals surface area (Å²) in [5.74, 6) is 0.545. The van der Waals surface area contributed by atoms with Crippen LogP contribution in [0.1, 0.15) is 11.1 Å². The zero-order valence-corrected chi connectivity index (χ0v) is 8.67. The Labute approximate surface area is 87.6 Å². The van der Waals surface area contributed by atoms with E-state index in [-0.39, 0.29) is 0 Å². The van der Waals surface area contributed by atoms with Crippen molar-refractivity contribution < 1.29 is 0 Å². The Bertz CT molecular complexity index is 471. The molecule has 1 aromatic carbocycles. The van der Waals surface area contributed by atoms with Crippen molar-refractivity contribution in [3.8, 4) is 0 Å². The van der Waals surface area contributed by atoms with Gasteiger partial charge in [0, 0.05) is 11.3 Å². The van der Waals surface area contributed by atoms with Gasteiger partial charge in [-0.2, -0.15) is 5.10 Å². The lowest BCUT2D eigenvalue weighted by atomic mass is 10.1. The molecule has 0 saturated carbocycles. The smallest absolute Gasteiger partial charge is 0.0653 e. The molecule has 0 spiro atoms. The highest BCUT2D eigenvalue weighted by molar-refractivity contribution is 6.19. The van der Waals surface area contributed by atoms with E-state index in [0.717, 1.165) is 10.9 Å². The zero-order chi connectivity index (χ0) is 9.97. The number of allylic oxidation sites excluding steroid dienone is 1. The van der Waals surface area contributed by atoms with Crippen LogP contribution in [0.4, 0.5) is 0 Å². The van der Waals surface area contributed by atoms with Gasteiger partial charge in [0.05, 0.1) is 11.7 Å². The standard InChI is InChI=1S/C11H11ClN2/c1-8-5-11-10(7-13-14-11)6-9(8)3-2-4-12/h2-3,5-7H,4H2,1H3,(H,13,14). The molecule has 0 bridgehead atoms. The predicted octanol–water partition coefficient (Wildman–Crippen LogP) is 3.12. The second kappa shape index (κ2) is 3.84. The van der Waals surface area contributed by atoms with E-state index in [1.807, 2.05) is 18.3 Å². The molecule has 0 aliphatic heterocycles. The van der Waals surface area contributed by atoms with Crippen LogP contribution < -0.4 is 0 Å². The monoisotopic (exact) mass is 206 g/mol. The van der Waals surface area contributed by atoms with E-state index in [2.05, 4.69) is 29.3 Å². The van der Waals surface area contributed by atoms with Crippen LogP contribution in [0.25, 0.3) is 17.0 Å². The minimum atomic E-state index is 0.545. The number of benzene rings is 1. The first-order valence-corrected chi connectivity index (χ1v) is 5.01. The molecule has 2 nitrogen and oxygen atoms in total. The number of H-pyrrole nitrogens is 1. The van der Waals surface area contributed by atoms with Gasteiger partial charge in [-0.1, -0.05) is 12.2 Å². The normalized spacial score (nSPS) is 11.6. The first kappa shape index (κ1) is 9.28. The quantitative estimate of drug-likeness (QED) is 0.752. The van der Waals surface area contributed by atoms with E-state index in [9.17, 15) is 0 Å². The van der Waals surface area contributed by atoms with E-state index < -0.39 is 0 Å². The Morgan fingerprint density at radius 3 is 3.14 bits per heavy atom. The van der Waals surface area contributed by atoms with Crippen molar-refractivity contribution in [1.82, 2.24) is 10.2 Å². The van der Waals surface area contributed by atoms with Crippen molar-refractivity contribution in [2.75, 3.05) is 5.88 Å². The number of nitrogens with zero attached hydrogens (tertiary/aromatic N) is 1. The van der Waals surface area contributed by atoms with Gasteiger partial charge in [-0.25, -0.2) is 0 Å². The van der Waals surface area contributed by atoms with Crippen molar-refractivity contribution in [1.29, 1.82) is 0 Å². The molecular formula is C11H11ClN2.